The number of benzene rings is 1. The van der Waals surface area contributed by atoms with Crippen LogP contribution in [-0.2, 0) is 4.79 Å². The summed E-state index contributed by atoms with van der Waals surface area (Å²) < 4.78 is 0. The smallest absolute Gasteiger partial charge is 0.246 e. The summed E-state index contributed by atoms with van der Waals surface area (Å²) in [5.41, 5.74) is 2.33. The van der Waals surface area contributed by atoms with Crippen LogP contribution >= 0.6 is 11.6 Å². The lowest BCUT2D eigenvalue weighted by atomic mass is 10.1. The number of hydrogen-bond acceptors (Lipinski definition) is 2. The number of carbonyl (C=O) groups is 1. The van der Waals surface area contributed by atoms with Crippen molar-refractivity contribution in [2.45, 2.75) is 12.3 Å². The Morgan fingerprint density at radius 2 is 2.00 bits per heavy atom. The highest BCUT2D eigenvalue weighted by molar-refractivity contribution is 6.32. The van der Waals surface area contributed by atoms with Gasteiger partial charge in [-0.15, -0.1) is 11.6 Å². The van der Waals surface area contributed by atoms with E-state index < -0.39 is 5.38 Å². The van der Waals surface area contributed by atoms with Crippen molar-refractivity contribution in [1.82, 2.24) is 4.98 Å². The zero-order valence-corrected chi connectivity index (χ0v) is 10.7. The predicted molar refractivity (Wildman–Crippen MR) is 72.6 cm³/mol. The van der Waals surface area contributed by atoms with Crippen LogP contribution in [0.5, 0.6) is 0 Å². The van der Waals surface area contributed by atoms with Crippen molar-refractivity contribution in [2.24, 2.45) is 0 Å². The zero-order valence-electron chi connectivity index (χ0n) is 9.93. The van der Waals surface area contributed by atoms with Crippen LogP contribution in [0, 0.1) is 6.92 Å². The molecule has 18 heavy (non-hydrogen) atoms. The van der Waals surface area contributed by atoms with E-state index >= 15 is 0 Å². The molecule has 0 aliphatic carbocycles. The monoisotopic (exact) mass is 260 g/mol. The molecular formula is C14H13ClN2O. The van der Waals surface area contributed by atoms with Crippen molar-refractivity contribution >= 4 is 23.2 Å². The number of halogens is 1. The maximum Gasteiger partial charge on any atom is 0.246 e. The van der Waals surface area contributed by atoms with E-state index in [-0.39, 0.29) is 5.91 Å². The topological polar surface area (TPSA) is 42.0 Å². The number of pyridine rings is 1. The number of amides is 1. The van der Waals surface area contributed by atoms with Crippen LogP contribution in [0.25, 0.3) is 0 Å². The summed E-state index contributed by atoms with van der Waals surface area (Å²) in [6, 6.07) is 12.8. The van der Waals surface area contributed by atoms with E-state index in [9.17, 15) is 4.79 Å². The average Bonchev–Trinajstić information content (AvgIpc) is 2.39. The van der Waals surface area contributed by atoms with Gasteiger partial charge in [-0.1, -0.05) is 30.3 Å². The molecule has 1 aromatic heterocycles. The van der Waals surface area contributed by atoms with Crippen molar-refractivity contribution in [3.63, 3.8) is 0 Å². The Balaban J connectivity index is 2.09. The molecule has 0 aliphatic rings. The maximum atomic E-state index is 12.0. The summed E-state index contributed by atoms with van der Waals surface area (Å²) >= 11 is 6.12. The highest BCUT2D eigenvalue weighted by Gasteiger charge is 2.17. The molecule has 1 amide bonds. The van der Waals surface area contributed by atoms with E-state index in [0.717, 1.165) is 11.3 Å². The van der Waals surface area contributed by atoms with Gasteiger partial charge in [0.25, 0.3) is 0 Å². The Labute approximate surface area is 111 Å². The molecule has 2 aromatic rings. The standard InChI is InChI=1S/C14H13ClN2O/c1-10-9-12(7-8-16-10)17-14(18)13(15)11-5-3-2-4-6-11/h2-9,13H,1H3,(H,16,17,18). The summed E-state index contributed by atoms with van der Waals surface area (Å²) in [5.74, 6) is -0.242. The van der Waals surface area contributed by atoms with Crippen molar-refractivity contribution < 1.29 is 4.79 Å². The summed E-state index contributed by atoms with van der Waals surface area (Å²) in [6.07, 6.45) is 1.65. The summed E-state index contributed by atoms with van der Waals surface area (Å²) in [7, 11) is 0. The third-order valence-corrected chi connectivity index (χ3v) is 2.94. The SMILES string of the molecule is Cc1cc(NC(=O)C(Cl)c2ccccc2)ccn1. The molecule has 0 saturated heterocycles. The number of alkyl halides is 1. The molecule has 1 atom stereocenters. The fourth-order valence-electron chi connectivity index (χ4n) is 1.60. The van der Waals surface area contributed by atoms with E-state index in [1.54, 1.807) is 18.3 Å². The molecule has 2 rings (SSSR count). The minimum Gasteiger partial charge on any atom is -0.324 e. The number of anilines is 1. The zero-order chi connectivity index (χ0) is 13.0. The van der Waals surface area contributed by atoms with Crippen LogP contribution < -0.4 is 5.32 Å². The van der Waals surface area contributed by atoms with Gasteiger partial charge in [0.2, 0.25) is 5.91 Å². The Bertz CT molecular complexity index is 543. The molecule has 1 N–H and O–H groups in total. The molecule has 1 aromatic carbocycles. The largest absolute Gasteiger partial charge is 0.324 e. The van der Waals surface area contributed by atoms with E-state index in [1.807, 2.05) is 37.3 Å². The lowest BCUT2D eigenvalue weighted by Gasteiger charge is -2.10. The molecule has 0 fully saturated rings. The Hall–Kier alpha value is -1.87. The maximum absolute atomic E-state index is 12.0. The number of nitrogens with zero attached hydrogens (tertiary/aromatic N) is 1. The van der Waals surface area contributed by atoms with Gasteiger partial charge in [-0.2, -0.15) is 0 Å². The number of carbonyl (C=O) groups excluding carboxylic acids is 1. The van der Waals surface area contributed by atoms with Crippen molar-refractivity contribution in [2.75, 3.05) is 5.32 Å². The first-order valence-corrected chi connectivity index (χ1v) is 6.03. The number of nitrogens with one attached hydrogen (secondary N) is 1. The summed E-state index contributed by atoms with van der Waals surface area (Å²) in [5, 5.41) is 2.08. The Morgan fingerprint density at radius 3 is 2.67 bits per heavy atom. The third kappa shape index (κ3) is 3.08. The Morgan fingerprint density at radius 1 is 1.28 bits per heavy atom. The molecule has 92 valence electrons. The number of hydrogen-bond donors (Lipinski definition) is 1. The van der Waals surface area contributed by atoms with E-state index in [2.05, 4.69) is 10.3 Å². The van der Waals surface area contributed by atoms with Gasteiger partial charge in [0, 0.05) is 17.6 Å². The van der Waals surface area contributed by atoms with Gasteiger partial charge >= 0.3 is 0 Å². The molecule has 0 spiro atoms. The van der Waals surface area contributed by atoms with Gasteiger partial charge in [0.1, 0.15) is 5.38 Å². The molecule has 0 saturated carbocycles. The van der Waals surface area contributed by atoms with Crippen LogP contribution in [0.3, 0.4) is 0 Å². The molecule has 0 bridgehead atoms. The van der Waals surface area contributed by atoms with Gasteiger partial charge < -0.3 is 5.32 Å². The second-order valence-corrected chi connectivity index (χ2v) is 4.38. The fourth-order valence-corrected chi connectivity index (χ4v) is 1.80. The molecule has 3 nitrogen and oxygen atoms in total. The minimum atomic E-state index is -0.695. The van der Waals surface area contributed by atoms with E-state index in [4.69, 9.17) is 11.6 Å². The van der Waals surface area contributed by atoms with E-state index in [1.165, 1.54) is 0 Å². The number of rotatable bonds is 3. The van der Waals surface area contributed by atoms with Crippen molar-refractivity contribution in [1.29, 1.82) is 0 Å². The highest BCUT2D eigenvalue weighted by Crippen LogP contribution is 2.22. The summed E-state index contributed by atoms with van der Waals surface area (Å²) in [4.78, 5) is 16.0. The number of aromatic nitrogens is 1. The summed E-state index contributed by atoms with van der Waals surface area (Å²) in [6.45, 7) is 1.87. The second-order valence-electron chi connectivity index (χ2n) is 3.95. The van der Waals surface area contributed by atoms with Gasteiger partial charge in [-0.3, -0.25) is 9.78 Å². The fraction of sp³-hybridized carbons (Fsp3) is 0.143. The molecule has 1 unspecified atom stereocenters. The van der Waals surface area contributed by atoms with Crippen LogP contribution in [0.4, 0.5) is 5.69 Å². The average molecular weight is 261 g/mol. The predicted octanol–water partition coefficient (Wildman–Crippen LogP) is 3.31. The van der Waals surface area contributed by atoms with Crippen molar-refractivity contribution in [3.05, 3.63) is 59.9 Å². The lowest BCUT2D eigenvalue weighted by Crippen LogP contribution is -2.17. The molecule has 1 heterocycles. The normalized spacial score (nSPS) is 11.9. The van der Waals surface area contributed by atoms with Gasteiger partial charge in [0.15, 0.2) is 0 Å². The molecule has 0 aliphatic heterocycles. The molecule has 4 heteroatoms. The second kappa shape index (κ2) is 5.65. The van der Waals surface area contributed by atoms with Gasteiger partial charge in [-0.25, -0.2) is 0 Å². The minimum absolute atomic E-state index is 0.242. The Kier molecular flexibility index (Phi) is 3.95. The van der Waals surface area contributed by atoms with Crippen LogP contribution in [0.2, 0.25) is 0 Å². The van der Waals surface area contributed by atoms with Crippen LogP contribution in [0.15, 0.2) is 48.7 Å². The number of aryl methyl sites for hydroxylation is 1. The van der Waals surface area contributed by atoms with Crippen LogP contribution in [-0.4, -0.2) is 10.9 Å². The first kappa shape index (κ1) is 12.6. The lowest BCUT2D eigenvalue weighted by molar-refractivity contribution is -0.116. The van der Waals surface area contributed by atoms with Gasteiger partial charge in [-0.05, 0) is 24.6 Å². The van der Waals surface area contributed by atoms with Crippen LogP contribution in [0.1, 0.15) is 16.6 Å². The highest BCUT2D eigenvalue weighted by atomic mass is 35.5. The first-order chi connectivity index (χ1) is 8.66. The quantitative estimate of drug-likeness (QED) is 0.861. The third-order valence-electron chi connectivity index (χ3n) is 2.49. The molecular weight excluding hydrogens is 248 g/mol. The van der Waals surface area contributed by atoms with E-state index in [0.29, 0.717) is 5.69 Å². The van der Waals surface area contributed by atoms with Gasteiger partial charge in [0.05, 0.1) is 0 Å². The first-order valence-electron chi connectivity index (χ1n) is 5.59. The molecule has 0 radical (unpaired) electrons. The van der Waals surface area contributed by atoms with Crippen molar-refractivity contribution in [3.8, 4) is 0 Å².